The fourth-order valence-electron chi connectivity index (χ4n) is 4.67. The number of aliphatic hydroxyl groups is 1. The number of ether oxygens (including phenoxy) is 2. The largest absolute Gasteiger partial charge is 0.445 e. The van der Waals surface area contributed by atoms with E-state index in [1.165, 1.54) is 10.9 Å². The summed E-state index contributed by atoms with van der Waals surface area (Å²) in [6.07, 6.45) is 2.41. The lowest BCUT2D eigenvalue weighted by Crippen LogP contribution is -2.49. The fraction of sp³-hybridized carbons (Fsp3) is 0.375. The van der Waals surface area contributed by atoms with Crippen molar-refractivity contribution in [3.8, 4) is 0 Å². The number of hydrogen-bond acceptors (Lipinski definition) is 6. The third-order valence-electron chi connectivity index (χ3n) is 6.20. The summed E-state index contributed by atoms with van der Waals surface area (Å²) in [6, 6.07) is 16.3. The molecular formula is C24H25N3O5. The number of nitrogens with zero attached hydrogens (tertiary/aromatic N) is 3. The van der Waals surface area contributed by atoms with Crippen LogP contribution in [-0.2, 0) is 22.6 Å². The first-order valence-electron chi connectivity index (χ1n) is 10.8. The van der Waals surface area contributed by atoms with Gasteiger partial charge in [-0.15, -0.1) is 0 Å². The van der Waals surface area contributed by atoms with E-state index >= 15 is 0 Å². The van der Waals surface area contributed by atoms with Gasteiger partial charge in [0.1, 0.15) is 6.61 Å². The summed E-state index contributed by atoms with van der Waals surface area (Å²) in [5, 5.41) is 11.7. The molecule has 3 aromatic rings. The monoisotopic (exact) mass is 435 g/mol. The van der Waals surface area contributed by atoms with Gasteiger partial charge in [0.15, 0.2) is 5.79 Å². The molecule has 2 aliphatic rings. The third kappa shape index (κ3) is 3.99. The molecule has 2 aliphatic heterocycles. The molecular weight excluding hydrogens is 410 g/mol. The molecule has 2 fully saturated rings. The van der Waals surface area contributed by atoms with E-state index < -0.39 is 11.9 Å². The third-order valence-corrected chi connectivity index (χ3v) is 6.20. The SMILES string of the molecule is O=C(OCc1ccccc1)N1CCC[C@@H]2OC(O)(Cn3cnc4ccccc4c3=O)C[C@H]21. The Morgan fingerprint density at radius 2 is 1.97 bits per heavy atom. The molecule has 0 bridgehead atoms. The number of piperidine rings is 1. The number of carbonyl (C=O) groups excluding carboxylic acids is 1. The first-order chi connectivity index (χ1) is 15.5. The fourth-order valence-corrected chi connectivity index (χ4v) is 4.67. The minimum Gasteiger partial charge on any atom is -0.445 e. The summed E-state index contributed by atoms with van der Waals surface area (Å²) in [6.45, 7) is 0.687. The summed E-state index contributed by atoms with van der Waals surface area (Å²) in [7, 11) is 0. The molecule has 0 spiro atoms. The average Bonchev–Trinajstić information content (AvgIpc) is 3.16. The molecule has 2 aromatic carbocycles. The molecule has 0 aliphatic carbocycles. The molecule has 0 saturated carbocycles. The highest BCUT2D eigenvalue weighted by Crippen LogP contribution is 2.38. The molecule has 1 amide bonds. The van der Waals surface area contributed by atoms with Crippen molar-refractivity contribution >= 4 is 17.0 Å². The van der Waals surface area contributed by atoms with Gasteiger partial charge in [0.05, 0.1) is 35.9 Å². The zero-order valence-electron chi connectivity index (χ0n) is 17.6. The summed E-state index contributed by atoms with van der Waals surface area (Å²) in [4.78, 5) is 31.6. The zero-order valence-corrected chi connectivity index (χ0v) is 17.6. The highest BCUT2D eigenvalue weighted by Gasteiger charge is 2.50. The van der Waals surface area contributed by atoms with Crippen LogP contribution in [0.5, 0.6) is 0 Å². The Labute approximate surface area is 185 Å². The Balaban J connectivity index is 1.30. The van der Waals surface area contributed by atoms with Gasteiger partial charge in [-0.3, -0.25) is 9.36 Å². The maximum Gasteiger partial charge on any atom is 0.410 e. The molecule has 1 aromatic heterocycles. The van der Waals surface area contributed by atoms with Gasteiger partial charge in [-0.05, 0) is 30.5 Å². The summed E-state index contributed by atoms with van der Waals surface area (Å²) < 4.78 is 12.9. The highest BCUT2D eigenvalue weighted by atomic mass is 16.6. The van der Waals surface area contributed by atoms with Crippen molar-refractivity contribution in [3.63, 3.8) is 0 Å². The second kappa shape index (κ2) is 8.37. The van der Waals surface area contributed by atoms with Crippen LogP contribution < -0.4 is 5.56 Å². The quantitative estimate of drug-likeness (QED) is 0.677. The van der Waals surface area contributed by atoms with Gasteiger partial charge in [-0.1, -0.05) is 42.5 Å². The van der Waals surface area contributed by atoms with Crippen LogP contribution in [0.25, 0.3) is 10.9 Å². The molecule has 8 heteroatoms. The second-order valence-electron chi connectivity index (χ2n) is 8.44. The normalized spacial score (nSPS) is 25.0. The minimum absolute atomic E-state index is 0.0520. The Hall–Kier alpha value is -3.23. The standard InChI is InChI=1S/C24H25N3O5/c28-22-18-9-4-5-10-19(18)25-16-26(22)15-24(30)13-20-21(32-24)11-6-12-27(20)23(29)31-14-17-7-2-1-3-8-17/h1-5,7-10,16,20-21,30H,6,11-15H2/t20-,21+,24?/m1/s1. The van der Waals surface area contributed by atoms with E-state index in [0.717, 1.165) is 18.4 Å². The molecule has 3 heterocycles. The van der Waals surface area contributed by atoms with Crippen LogP contribution in [0.3, 0.4) is 0 Å². The van der Waals surface area contributed by atoms with Crippen molar-refractivity contribution in [3.05, 3.63) is 76.8 Å². The van der Waals surface area contributed by atoms with Crippen molar-refractivity contribution in [2.24, 2.45) is 0 Å². The van der Waals surface area contributed by atoms with Crippen molar-refractivity contribution in [1.29, 1.82) is 0 Å². The van der Waals surface area contributed by atoms with E-state index in [9.17, 15) is 14.7 Å². The lowest BCUT2D eigenvalue weighted by molar-refractivity contribution is -0.202. The molecule has 166 valence electrons. The van der Waals surface area contributed by atoms with Crippen LogP contribution in [0.15, 0.2) is 65.7 Å². The van der Waals surface area contributed by atoms with Crippen molar-refractivity contribution in [2.75, 3.05) is 6.54 Å². The summed E-state index contributed by atoms with van der Waals surface area (Å²) >= 11 is 0. The molecule has 1 N–H and O–H groups in total. The van der Waals surface area contributed by atoms with Gasteiger partial charge < -0.3 is 19.5 Å². The Morgan fingerprint density at radius 3 is 2.81 bits per heavy atom. The van der Waals surface area contributed by atoms with E-state index in [-0.39, 0.29) is 37.3 Å². The number of carbonyl (C=O) groups is 1. The van der Waals surface area contributed by atoms with E-state index in [2.05, 4.69) is 4.98 Å². The Kier molecular flexibility index (Phi) is 5.40. The summed E-state index contributed by atoms with van der Waals surface area (Å²) in [5.74, 6) is -1.56. The average molecular weight is 435 g/mol. The number of likely N-dealkylation sites (tertiary alicyclic amines) is 1. The number of hydrogen-bond donors (Lipinski definition) is 1. The van der Waals surface area contributed by atoms with E-state index in [0.29, 0.717) is 17.4 Å². The van der Waals surface area contributed by atoms with Crippen molar-refractivity contribution < 1.29 is 19.4 Å². The van der Waals surface area contributed by atoms with Gasteiger partial charge >= 0.3 is 6.09 Å². The maximum absolute atomic E-state index is 12.8. The Bertz CT molecular complexity index is 1180. The number of benzene rings is 2. The minimum atomic E-state index is -1.56. The Morgan fingerprint density at radius 1 is 1.19 bits per heavy atom. The van der Waals surface area contributed by atoms with E-state index in [1.807, 2.05) is 36.4 Å². The molecule has 3 atom stereocenters. The lowest BCUT2D eigenvalue weighted by atomic mass is 9.97. The van der Waals surface area contributed by atoms with Crippen molar-refractivity contribution in [2.45, 2.75) is 50.3 Å². The number of rotatable bonds is 4. The number of amides is 1. The maximum atomic E-state index is 12.8. The van der Waals surface area contributed by atoms with Gasteiger partial charge in [0, 0.05) is 13.0 Å². The number of para-hydroxylation sites is 1. The molecule has 0 radical (unpaired) electrons. The number of aromatic nitrogens is 2. The van der Waals surface area contributed by atoms with Crippen LogP contribution in [0.1, 0.15) is 24.8 Å². The van der Waals surface area contributed by atoms with E-state index in [4.69, 9.17) is 9.47 Å². The molecule has 2 saturated heterocycles. The molecule has 8 nitrogen and oxygen atoms in total. The number of fused-ring (bicyclic) bond motifs is 2. The predicted octanol–water partition coefficient (Wildman–Crippen LogP) is 2.68. The highest BCUT2D eigenvalue weighted by molar-refractivity contribution is 5.76. The second-order valence-corrected chi connectivity index (χ2v) is 8.44. The van der Waals surface area contributed by atoms with Crippen LogP contribution in [-0.4, -0.2) is 50.1 Å². The van der Waals surface area contributed by atoms with Crippen LogP contribution >= 0.6 is 0 Å². The first kappa shape index (κ1) is 20.7. The predicted molar refractivity (Wildman–Crippen MR) is 117 cm³/mol. The van der Waals surface area contributed by atoms with Gasteiger partial charge in [-0.2, -0.15) is 0 Å². The summed E-state index contributed by atoms with van der Waals surface area (Å²) in [5.41, 5.74) is 1.28. The topological polar surface area (TPSA) is 93.9 Å². The molecule has 1 unspecified atom stereocenters. The zero-order chi connectivity index (χ0) is 22.1. The van der Waals surface area contributed by atoms with Gasteiger partial charge in [-0.25, -0.2) is 9.78 Å². The molecule has 32 heavy (non-hydrogen) atoms. The van der Waals surface area contributed by atoms with Crippen LogP contribution in [0.4, 0.5) is 4.79 Å². The van der Waals surface area contributed by atoms with Crippen LogP contribution in [0.2, 0.25) is 0 Å². The van der Waals surface area contributed by atoms with Gasteiger partial charge in [0.2, 0.25) is 0 Å². The van der Waals surface area contributed by atoms with Crippen molar-refractivity contribution in [1.82, 2.24) is 14.5 Å². The molecule has 5 rings (SSSR count). The van der Waals surface area contributed by atoms with Gasteiger partial charge in [0.25, 0.3) is 5.56 Å². The lowest BCUT2D eigenvalue weighted by Gasteiger charge is -2.35. The van der Waals surface area contributed by atoms with E-state index in [1.54, 1.807) is 23.1 Å². The smallest absolute Gasteiger partial charge is 0.410 e. The van der Waals surface area contributed by atoms with Crippen LogP contribution in [0, 0.1) is 0 Å². The first-order valence-corrected chi connectivity index (χ1v) is 10.8.